The van der Waals surface area contributed by atoms with Crippen molar-refractivity contribution in [1.29, 1.82) is 0 Å². The number of piperidine rings is 1. The Balaban J connectivity index is 1.43. The lowest BCUT2D eigenvalue weighted by Crippen LogP contribution is -2.55. The number of hydrogen-bond acceptors (Lipinski definition) is 4. The molecule has 0 radical (unpaired) electrons. The maximum Gasteiger partial charge on any atom is 0.241 e. The average molecular weight is 371 g/mol. The van der Waals surface area contributed by atoms with Gasteiger partial charge in [0, 0.05) is 37.4 Å². The van der Waals surface area contributed by atoms with Crippen LogP contribution in [-0.2, 0) is 17.9 Å². The maximum atomic E-state index is 12.7. The topological polar surface area (TPSA) is 48.5 Å². The SMILES string of the molecule is O=C1NCN(Cc2ccc(Cl)cc2)C12CCN(Cc1ccccn1)CC2. The van der Waals surface area contributed by atoms with Crippen molar-refractivity contribution in [1.82, 2.24) is 20.1 Å². The average Bonchev–Trinajstić information content (AvgIpc) is 2.96. The lowest BCUT2D eigenvalue weighted by atomic mass is 9.85. The smallest absolute Gasteiger partial charge is 0.241 e. The first-order chi connectivity index (χ1) is 12.7. The summed E-state index contributed by atoms with van der Waals surface area (Å²) in [6, 6.07) is 13.9. The van der Waals surface area contributed by atoms with Crippen LogP contribution in [0, 0.1) is 0 Å². The number of nitrogens with zero attached hydrogens (tertiary/aromatic N) is 3. The number of likely N-dealkylation sites (tertiary alicyclic amines) is 1. The van der Waals surface area contributed by atoms with Crippen molar-refractivity contribution in [2.45, 2.75) is 31.5 Å². The Bertz CT molecular complexity index is 757. The predicted octanol–water partition coefficient (Wildman–Crippen LogP) is 2.66. The molecule has 1 spiro atoms. The third kappa shape index (κ3) is 3.47. The number of carbonyl (C=O) groups excluding carboxylic acids is 1. The number of hydrogen-bond donors (Lipinski definition) is 1. The molecule has 2 fully saturated rings. The molecule has 4 rings (SSSR count). The van der Waals surface area contributed by atoms with E-state index in [0.717, 1.165) is 49.7 Å². The lowest BCUT2D eigenvalue weighted by molar-refractivity contribution is -0.129. The minimum atomic E-state index is -0.389. The lowest BCUT2D eigenvalue weighted by Gasteiger charge is -2.42. The van der Waals surface area contributed by atoms with Crippen molar-refractivity contribution >= 4 is 17.5 Å². The fraction of sp³-hybridized carbons (Fsp3) is 0.400. The highest BCUT2D eigenvalue weighted by Gasteiger charge is 2.49. The molecule has 2 saturated heterocycles. The Morgan fingerprint density at radius 2 is 1.85 bits per heavy atom. The fourth-order valence-electron chi connectivity index (χ4n) is 3.99. The van der Waals surface area contributed by atoms with Gasteiger partial charge >= 0.3 is 0 Å². The van der Waals surface area contributed by atoms with Crippen molar-refractivity contribution in [2.75, 3.05) is 19.8 Å². The summed E-state index contributed by atoms with van der Waals surface area (Å²) in [5.41, 5.74) is 1.87. The Morgan fingerprint density at radius 3 is 2.54 bits per heavy atom. The zero-order valence-electron chi connectivity index (χ0n) is 14.7. The number of halogens is 1. The number of rotatable bonds is 4. The van der Waals surface area contributed by atoms with E-state index in [4.69, 9.17) is 11.6 Å². The molecule has 1 aromatic carbocycles. The molecule has 2 aliphatic rings. The van der Waals surface area contributed by atoms with E-state index in [9.17, 15) is 4.79 Å². The van der Waals surface area contributed by atoms with Gasteiger partial charge in [-0.05, 0) is 42.7 Å². The van der Waals surface area contributed by atoms with Crippen molar-refractivity contribution < 1.29 is 4.79 Å². The standard InChI is InChI=1S/C20H23ClN4O/c21-17-6-4-16(5-7-17)13-25-15-23-19(26)20(25)8-11-24(12-9-20)14-18-3-1-2-10-22-18/h1-7,10H,8-9,11-15H2,(H,23,26). The van der Waals surface area contributed by atoms with E-state index in [0.29, 0.717) is 6.67 Å². The van der Waals surface area contributed by atoms with Crippen LogP contribution in [0.15, 0.2) is 48.7 Å². The molecular weight excluding hydrogens is 348 g/mol. The second-order valence-corrected chi connectivity index (χ2v) is 7.55. The molecule has 0 atom stereocenters. The van der Waals surface area contributed by atoms with Crippen LogP contribution in [-0.4, -0.2) is 46.0 Å². The molecule has 1 N–H and O–H groups in total. The molecular formula is C20H23ClN4O. The Hall–Kier alpha value is -1.95. The molecule has 0 aliphatic carbocycles. The monoisotopic (exact) mass is 370 g/mol. The normalized spacial score (nSPS) is 20.4. The van der Waals surface area contributed by atoms with Crippen LogP contribution in [0.25, 0.3) is 0 Å². The quantitative estimate of drug-likeness (QED) is 0.898. The van der Waals surface area contributed by atoms with Gasteiger partial charge in [0.1, 0.15) is 5.54 Å². The predicted molar refractivity (Wildman–Crippen MR) is 101 cm³/mol. The molecule has 26 heavy (non-hydrogen) atoms. The molecule has 3 heterocycles. The summed E-state index contributed by atoms with van der Waals surface area (Å²) in [5, 5.41) is 3.79. The highest BCUT2D eigenvalue weighted by molar-refractivity contribution is 6.30. The van der Waals surface area contributed by atoms with Crippen molar-refractivity contribution in [3.05, 3.63) is 64.9 Å². The Kier molecular flexibility index (Phi) is 4.94. The van der Waals surface area contributed by atoms with Gasteiger partial charge in [-0.25, -0.2) is 0 Å². The van der Waals surface area contributed by atoms with Crippen LogP contribution in [0.4, 0.5) is 0 Å². The van der Waals surface area contributed by atoms with E-state index < -0.39 is 0 Å². The molecule has 2 aliphatic heterocycles. The number of amides is 1. The largest absolute Gasteiger partial charge is 0.342 e. The summed E-state index contributed by atoms with van der Waals surface area (Å²) in [5.74, 6) is 0.170. The van der Waals surface area contributed by atoms with Gasteiger partial charge in [0.2, 0.25) is 5.91 Å². The van der Waals surface area contributed by atoms with Crippen molar-refractivity contribution in [2.24, 2.45) is 0 Å². The van der Waals surface area contributed by atoms with E-state index >= 15 is 0 Å². The van der Waals surface area contributed by atoms with Gasteiger partial charge in [-0.2, -0.15) is 0 Å². The van der Waals surface area contributed by atoms with Crippen molar-refractivity contribution in [3.63, 3.8) is 0 Å². The summed E-state index contributed by atoms with van der Waals surface area (Å²) in [6.07, 6.45) is 3.53. The van der Waals surface area contributed by atoms with E-state index in [1.165, 1.54) is 5.56 Å². The van der Waals surface area contributed by atoms with E-state index in [-0.39, 0.29) is 11.4 Å². The van der Waals surface area contributed by atoms with Crippen molar-refractivity contribution in [3.8, 4) is 0 Å². The van der Waals surface area contributed by atoms with Gasteiger partial charge < -0.3 is 5.32 Å². The second kappa shape index (κ2) is 7.35. The van der Waals surface area contributed by atoms with Gasteiger partial charge in [0.05, 0.1) is 12.4 Å². The minimum absolute atomic E-state index is 0.170. The summed E-state index contributed by atoms with van der Waals surface area (Å²) in [6.45, 7) is 4.02. The first kappa shape index (κ1) is 17.5. The van der Waals surface area contributed by atoms with Gasteiger partial charge in [-0.3, -0.25) is 19.6 Å². The van der Waals surface area contributed by atoms with Crippen LogP contribution < -0.4 is 5.32 Å². The Labute approximate surface area is 159 Å². The summed E-state index contributed by atoms with van der Waals surface area (Å²) >= 11 is 5.99. The first-order valence-electron chi connectivity index (χ1n) is 9.06. The van der Waals surface area contributed by atoms with E-state index in [2.05, 4.69) is 26.2 Å². The number of benzene rings is 1. The van der Waals surface area contributed by atoms with Crippen LogP contribution >= 0.6 is 11.6 Å². The highest BCUT2D eigenvalue weighted by Crippen LogP contribution is 2.34. The first-order valence-corrected chi connectivity index (χ1v) is 9.44. The van der Waals surface area contributed by atoms with Crippen LogP contribution in [0.1, 0.15) is 24.1 Å². The summed E-state index contributed by atoms with van der Waals surface area (Å²) < 4.78 is 0. The van der Waals surface area contributed by atoms with Gasteiger partial charge in [-0.1, -0.05) is 29.8 Å². The molecule has 1 aromatic heterocycles. The number of carbonyl (C=O) groups is 1. The molecule has 5 nitrogen and oxygen atoms in total. The molecule has 0 saturated carbocycles. The third-order valence-corrected chi connectivity index (χ3v) is 5.79. The molecule has 1 amide bonds. The molecule has 0 bridgehead atoms. The van der Waals surface area contributed by atoms with Gasteiger partial charge in [0.15, 0.2) is 0 Å². The van der Waals surface area contributed by atoms with Gasteiger partial charge in [-0.15, -0.1) is 0 Å². The van der Waals surface area contributed by atoms with Gasteiger partial charge in [0.25, 0.3) is 0 Å². The molecule has 2 aromatic rings. The third-order valence-electron chi connectivity index (χ3n) is 5.54. The fourth-order valence-corrected chi connectivity index (χ4v) is 4.12. The summed E-state index contributed by atoms with van der Waals surface area (Å²) in [7, 11) is 0. The zero-order valence-corrected chi connectivity index (χ0v) is 15.5. The molecule has 0 unspecified atom stereocenters. The molecule has 6 heteroatoms. The van der Waals surface area contributed by atoms with E-state index in [1.807, 2.05) is 42.6 Å². The van der Waals surface area contributed by atoms with Crippen LogP contribution in [0.5, 0.6) is 0 Å². The molecule has 136 valence electrons. The number of nitrogens with one attached hydrogen (secondary N) is 1. The van der Waals surface area contributed by atoms with Crippen LogP contribution in [0.2, 0.25) is 5.02 Å². The highest BCUT2D eigenvalue weighted by atomic mass is 35.5. The van der Waals surface area contributed by atoms with E-state index in [1.54, 1.807) is 0 Å². The number of pyridine rings is 1. The Morgan fingerprint density at radius 1 is 1.08 bits per heavy atom. The zero-order chi connectivity index (χ0) is 18.0. The maximum absolute atomic E-state index is 12.7. The van der Waals surface area contributed by atoms with Crippen LogP contribution in [0.3, 0.4) is 0 Å². The number of aromatic nitrogens is 1. The second-order valence-electron chi connectivity index (χ2n) is 7.12. The minimum Gasteiger partial charge on any atom is -0.342 e. The summed E-state index contributed by atoms with van der Waals surface area (Å²) in [4.78, 5) is 21.8.